The Morgan fingerprint density at radius 3 is 1.96 bits per heavy atom. The van der Waals surface area contributed by atoms with E-state index in [1.165, 1.54) is 39.1 Å². The van der Waals surface area contributed by atoms with Gasteiger partial charge in [0.2, 0.25) is 0 Å². The van der Waals surface area contributed by atoms with Gasteiger partial charge in [-0.2, -0.15) is 0 Å². The Morgan fingerprint density at radius 1 is 0.769 bits per heavy atom. The largest absolute Gasteiger partial charge is 0.399 e. The fraction of sp³-hybridized carbons (Fsp3) is 0.333. The van der Waals surface area contributed by atoms with Gasteiger partial charge in [-0.1, -0.05) is 24.3 Å². The quantitative estimate of drug-likeness (QED) is 0.745. The first-order valence-corrected chi connectivity index (χ1v) is 9.85. The highest BCUT2D eigenvalue weighted by Crippen LogP contribution is 2.36. The molecule has 0 aliphatic heterocycles. The minimum atomic E-state index is 0.871. The zero-order valence-electron chi connectivity index (χ0n) is 15.9. The number of rotatable bonds is 4. The Balaban J connectivity index is 1.63. The molecule has 0 fully saturated rings. The van der Waals surface area contributed by atoms with E-state index in [4.69, 9.17) is 5.73 Å². The molecule has 2 heteroatoms. The first-order chi connectivity index (χ1) is 12.7. The number of nitrogens with zero attached hydrogens (tertiary/aromatic N) is 1. The lowest BCUT2D eigenvalue weighted by Crippen LogP contribution is -2.22. The maximum atomic E-state index is 5.93. The van der Waals surface area contributed by atoms with Crippen molar-refractivity contribution in [2.24, 2.45) is 0 Å². The molecule has 0 atom stereocenters. The second-order valence-electron chi connectivity index (χ2n) is 7.35. The van der Waals surface area contributed by atoms with Gasteiger partial charge >= 0.3 is 0 Å². The SMILES string of the molecule is CCN(CC)c1ccc2c(c1)CCC(C1=Cc3ccc(N)cc3CC1)=C2. The van der Waals surface area contributed by atoms with Crippen molar-refractivity contribution in [2.45, 2.75) is 39.5 Å². The molecule has 2 aromatic rings. The molecular formula is C24H28N2. The predicted molar refractivity (Wildman–Crippen MR) is 113 cm³/mol. The van der Waals surface area contributed by atoms with Gasteiger partial charge in [0.1, 0.15) is 0 Å². The molecule has 0 spiro atoms. The highest BCUT2D eigenvalue weighted by Gasteiger charge is 2.18. The molecule has 2 aromatic carbocycles. The summed E-state index contributed by atoms with van der Waals surface area (Å²) >= 11 is 0. The summed E-state index contributed by atoms with van der Waals surface area (Å²) in [5.41, 5.74) is 16.8. The van der Waals surface area contributed by atoms with Gasteiger partial charge in [-0.25, -0.2) is 0 Å². The lowest BCUT2D eigenvalue weighted by molar-refractivity contribution is 0.854. The Hall–Kier alpha value is -2.48. The van der Waals surface area contributed by atoms with Crippen LogP contribution in [0, 0.1) is 0 Å². The molecule has 0 heterocycles. The molecule has 26 heavy (non-hydrogen) atoms. The topological polar surface area (TPSA) is 29.3 Å². The Labute approximate surface area is 157 Å². The van der Waals surface area contributed by atoms with E-state index in [0.717, 1.165) is 44.5 Å². The minimum Gasteiger partial charge on any atom is -0.399 e. The monoisotopic (exact) mass is 344 g/mol. The van der Waals surface area contributed by atoms with Crippen LogP contribution in [0.2, 0.25) is 0 Å². The van der Waals surface area contributed by atoms with E-state index in [2.05, 4.69) is 61.2 Å². The fourth-order valence-corrected chi connectivity index (χ4v) is 4.28. The lowest BCUT2D eigenvalue weighted by Gasteiger charge is -2.25. The Morgan fingerprint density at radius 2 is 1.35 bits per heavy atom. The van der Waals surface area contributed by atoms with Crippen molar-refractivity contribution < 1.29 is 0 Å². The van der Waals surface area contributed by atoms with Crippen molar-refractivity contribution in [3.05, 3.63) is 69.8 Å². The Bertz CT molecular complexity index is 885. The first-order valence-electron chi connectivity index (χ1n) is 9.85. The zero-order valence-corrected chi connectivity index (χ0v) is 15.9. The zero-order chi connectivity index (χ0) is 18.1. The van der Waals surface area contributed by atoms with Crippen LogP contribution in [0.5, 0.6) is 0 Å². The van der Waals surface area contributed by atoms with Crippen molar-refractivity contribution in [2.75, 3.05) is 23.7 Å². The number of benzene rings is 2. The van der Waals surface area contributed by atoms with E-state index in [1.807, 2.05) is 6.07 Å². The van der Waals surface area contributed by atoms with Crippen LogP contribution in [0.3, 0.4) is 0 Å². The molecule has 0 saturated heterocycles. The van der Waals surface area contributed by atoms with Gasteiger partial charge in [0.15, 0.2) is 0 Å². The number of nitrogen functional groups attached to an aromatic ring is 1. The number of aryl methyl sites for hydroxylation is 2. The van der Waals surface area contributed by atoms with Crippen molar-refractivity contribution in [3.8, 4) is 0 Å². The molecule has 2 nitrogen and oxygen atoms in total. The van der Waals surface area contributed by atoms with E-state index in [-0.39, 0.29) is 0 Å². The summed E-state index contributed by atoms with van der Waals surface area (Å²) in [6.07, 6.45) is 9.29. The summed E-state index contributed by atoms with van der Waals surface area (Å²) in [5, 5.41) is 0. The maximum Gasteiger partial charge on any atom is 0.0369 e. The molecule has 0 bridgehead atoms. The van der Waals surface area contributed by atoms with Crippen molar-refractivity contribution in [1.82, 2.24) is 0 Å². The second-order valence-corrected chi connectivity index (χ2v) is 7.35. The van der Waals surface area contributed by atoms with Gasteiger partial charge in [-0.15, -0.1) is 0 Å². The van der Waals surface area contributed by atoms with Crippen LogP contribution in [0.15, 0.2) is 47.5 Å². The molecule has 2 aliphatic rings. The average molecular weight is 345 g/mol. The molecule has 2 aliphatic carbocycles. The van der Waals surface area contributed by atoms with Crippen LogP contribution in [-0.2, 0) is 12.8 Å². The maximum absolute atomic E-state index is 5.93. The van der Waals surface area contributed by atoms with Gasteiger partial charge in [0.25, 0.3) is 0 Å². The molecule has 0 unspecified atom stereocenters. The summed E-state index contributed by atoms with van der Waals surface area (Å²) in [5.74, 6) is 0. The van der Waals surface area contributed by atoms with Gasteiger partial charge in [0, 0.05) is 24.5 Å². The number of hydrogen-bond donors (Lipinski definition) is 1. The van der Waals surface area contributed by atoms with Crippen LogP contribution >= 0.6 is 0 Å². The number of allylic oxidation sites excluding steroid dienone is 2. The third-order valence-corrected chi connectivity index (χ3v) is 5.82. The van der Waals surface area contributed by atoms with Crippen LogP contribution in [0.4, 0.5) is 11.4 Å². The van der Waals surface area contributed by atoms with Crippen molar-refractivity contribution >= 4 is 23.5 Å². The number of anilines is 2. The van der Waals surface area contributed by atoms with Crippen LogP contribution in [-0.4, -0.2) is 13.1 Å². The normalized spacial score (nSPS) is 15.6. The van der Waals surface area contributed by atoms with E-state index in [1.54, 1.807) is 0 Å². The molecule has 0 aromatic heterocycles. The molecule has 4 rings (SSSR count). The van der Waals surface area contributed by atoms with Crippen LogP contribution in [0.25, 0.3) is 12.2 Å². The smallest absolute Gasteiger partial charge is 0.0369 e. The third kappa shape index (κ3) is 3.16. The van der Waals surface area contributed by atoms with E-state index >= 15 is 0 Å². The van der Waals surface area contributed by atoms with E-state index in [9.17, 15) is 0 Å². The molecule has 134 valence electrons. The summed E-state index contributed by atoms with van der Waals surface area (Å²) in [6.45, 7) is 6.57. The number of fused-ring (bicyclic) bond motifs is 2. The highest BCUT2D eigenvalue weighted by atomic mass is 15.1. The minimum absolute atomic E-state index is 0.871. The fourth-order valence-electron chi connectivity index (χ4n) is 4.28. The standard InChI is InChI=1S/C24H28N2/c1-3-26(4-2)24-12-10-20-14-18(6-8-22(20)16-24)17-5-7-21-15-23(25)11-9-19(21)13-17/h9-16H,3-8,25H2,1-2H3. The van der Waals surface area contributed by atoms with Gasteiger partial charge < -0.3 is 10.6 Å². The summed E-state index contributed by atoms with van der Waals surface area (Å²) in [6, 6.07) is 13.3. The lowest BCUT2D eigenvalue weighted by atomic mass is 9.82. The summed E-state index contributed by atoms with van der Waals surface area (Å²) in [7, 11) is 0. The molecule has 0 radical (unpaired) electrons. The highest BCUT2D eigenvalue weighted by molar-refractivity contribution is 5.73. The molecule has 0 saturated carbocycles. The molecule has 2 N–H and O–H groups in total. The predicted octanol–water partition coefficient (Wildman–Crippen LogP) is 5.47. The Kier molecular flexibility index (Phi) is 4.58. The van der Waals surface area contributed by atoms with Crippen LogP contribution in [0.1, 0.15) is 48.9 Å². The van der Waals surface area contributed by atoms with Crippen LogP contribution < -0.4 is 10.6 Å². The second kappa shape index (κ2) is 7.03. The van der Waals surface area contributed by atoms with E-state index < -0.39 is 0 Å². The average Bonchev–Trinajstić information content (AvgIpc) is 2.68. The third-order valence-electron chi connectivity index (χ3n) is 5.82. The summed E-state index contributed by atoms with van der Waals surface area (Å²) in [4.78, 5) is 2.42. The number of nitrogens with two attached hydrogens (primary N) is 1. The van der Waals surface area contributed by atoms with Gasteiger partial charge in [-0.3, -0.25) is 0 Å². The first kappa shape index (κ1) is 17.0. The summed E-state index contributed by atoms with van der Waals surface area (Å²) < 4.78 is 0. The van der Waals surface area contributed by atoms with Gasteiger partial charge in [-0.05, 0) is 97.2 Å². The van der Waals surface area contributed by atoms with Gasteiger partial charge in [0.05, 0.1) is 0 Å². The van der Waals surface area contributed by atoms with Crippen molar-refractivity contribution in [3.63, 3.8) is 0 Å². The van der Waals surface area contributed by atoms with Crippen molar-refractivity contribution in [1.29, 1.82) is 0 Å². The molecular weight excluding hydrogens is 316 g/mol. The molecule has 0 amide bonds. The van der Waals surface area contributed by atoms with E-state index in [0.29, 0.717) is 0 Å². The number of hydrogen-bond acceptors (Lipinski definition) is 2.